The normalized spacial score (nSPS) is 11.8. The van der Waals surface area contributed by atoms with Gasteiger partial charge < -0.3 is 5.11 Å². The van der Waals surface area contributed by atoms with Crippen LogP contribution in [-0.2, 0) is 10.2 Å². The van der Waals surface area contributed by atoms with Crippen molar-refractivity contribution in [2.24, 2.45) is 0 Å². The molecule has 1 aromatic rings. The number of anilines is 1. The maximum atomic E-state index is 11.9. The Morgan fingerprint density at radius 3 is 2.72 bits per heavy atom. The first-order valence-electron chi connectivity index (χ1n) is 5.17. The van der Waals surface area contributed by atoms with Gasteiger partial charge in [0.1, 0.15) is 0 Å². The van der Waals surface area contributed by atoms with Gasteiger partial charge in [-0.2, -0.15) is 12.7 Å². The zero-order valence-electron chi connectivity index (χ0n) is 9.73. The van der Waals surface area contributed by atoms with Crippen molar-refractivity contribution in [3.05, 3.63) is 27.7 Å². The monoisotopic (exact) mass is 356 g/mol. The number of benzene rings is 1. The fourth-order valence-electron chi connectivity index (χ4n) is 1.20. The van der Waals surface area contributed by atoms with Gasteiger partial charge in [-0.05, 0) is 40.5 Å². The van der Waals surface area contributed by atoms with Crippen LogP contribution in [0, 0.1) is 0 Å². The minimum Gasteiger partial charge on any atom is -0.396 e. The van der Waals surface area contributed by atoms with Crippen molar-refractivity contribution in [1.82, 2.24) is 4.31 Å². The molecule has 0 aliphatic rings. The number of hydrogen-bond donors (Lipinski definition) is 2. The number of halogens is 2. The molecule has 0 aliphatic heterocycles. The summed E-state index contributed by atoms with van der Waals surface area (Å²) in [7, 11) is -2.18. The van der Waals surface area contributed by atoms with Crippen LogP contribution in [0.25, 0.3) is 0 Å². The van der Waals surface area contributed by atoms with Gasteiger partial charge >= 0.3 is 10.2 Å². The minimum atomic E-state index is -3.62. The van der Waals surface area contributed by atoms with Crippen LogP contribution in [0.2, 0.25) is 5.02 Å². The summed E-state index contributed by atoms with van der Waals surface area (Å²) in [5.41, 5.74) is 0.412. The van der Waals surface area contributed by atoms with E-state index in [1.165, 1.54) is 7.05 Å². The molecule has 0 saturated heterocycles. The number of nitrogens with zero attached hydrogens (tertiary/aromatic N) is 1. The Morgan fingerprint density at radius 2 is 2.17 bits per heavy atom. The van der Waals surface area contributed by atoms with Gasteiger partial charge in [0.05, 0.1) is 5.69 Å². The Kier molecular flexibility index (Phi) is 5.87. The van der Waals surface area contributed by atoms with Crippen molar-refractivity contribution in [3.8, 4) is 0 Å². The van der Waals surface area contributed by atoms with Crippen molar-refractivity contribution in [2.45, 2.75) is 6.42 Å². The van der Waals surface area contributed by atoms with Crippen molar-refractivity contribution in [3.63, 3.8) is 0 Å². The number of rotatable bonds is 6. The molecule has 2 N–H and O–H groups in total. The fourth-order valence-corrected chi connectivity index (χ4v) is 3.10. The molecule has 0 atom stereocenters. The van der Waals surface area contributed by atoms with Crippen molar-refractivity contribution in [1.29, 1.82) is 0 Å². The van der Waals surface area contributed by atoms with Gasteiger partial charge in [-0.3, -0.25) is 4.72 Å². The van der Waals surface area contributed by atoms with Gasteiger partial charge in [-0.25, -0.2) is 0 Å². The summed E-state index contributed by atoms with van der Waals surface area (Å²) in [5.74, 6) is 0. The molecule has 0 radical (unpaired) electrons. The average Bonchev–Trinajstić information content (AvgIpc) is 2.29. The molecule has 0 spiro atoms. The predicted molar refractivity (Wildman–Crippen MR) is 76.0 cm³/mol. The fraction of sp³-hybridized carbons (Fsp3) is 0.400. The molecule has 5 nitrogen and oxygen atoms in total. The lowest BCUT2D eigenvalue weighted by Crippen LogP contribution is -2.33. The number of hydrogen-bond acceptors (Lipinski definition) is 3. The molecule has 102 valence electrons. The maximum absolute atomic E-state index is 11.9. The Bertz CT molecular complexity index is 510. The molecular weight excluding hydrogens is 344 g/mol. The molecule has 0 saturated carbocycles. The second-order valence-corrected chi connectivity index (χ2v) is 6.70. The molecule has 0 amide bonds. The molecule has 1 rings (SSSR count). The number of aliphatic hydroxyl groups is 1. The molecule has 0 unspecified atom stereocenters. The Labute approximate surface area is 120 Å². The molecule has 1 aromatic carbocycles. The lowest BCUT2D eigenvalue weighted by atomic mass is 10.3. The maximum Gasteiger partial charge on any atom is 0.301 e. The van der Waals surface area contributed by atoms with E-state index < -0.39 is 10.2 Å². The van der Waals surface area contributed by atoms with Crippen LogP contribution in [-0.4, -0.2) is 38.0 Å². The quantitative estimate of drug-likeness (QED) is 0.819. The number of nitrogens with one attached hydrogen (secondary N) is 1. The third-order valence-corrected chi connectivity index (χ3v) is 4.58. The van der Waals surface area contributed by atoms with Crippen molar-refractivity contribution in [2.75, 3.05) is 24.9 Å². The van der Waals surface area contributed by atoms with E-state index in [0.717, 1.165) is 4.31 Å². The summed E-state index contributed by atoms with van der Waals surface area (Å²) in [4.78, 5) is 0. The summed E-state index contributed by atoms with van der Waals surface area (Å²) in [6.07, 6.45) is 0.388. The van der Waals surface area contributed by atoms with Crippen molar-refractivity contribution < 1.29 is 13.5 Å². The third kappa shape index (κ3) is 4.40. The third-order valence-electron chi connectivity index (χ3n) is 2.21. The lowest BCUT2D eigenvalue weighted by molar-refractivity contribution is 0.276. The molecular formula is C10H14BrClN2O3S. The van der Waals surface area contributed by atoms with Gasteiger partial charge in [0.15, 0.2) is 0 Å². The molecule has 8 heteroatoms. The van der Waals surface area contributed by atoms with Gasteiger partial charge in [-0.1, -0.05) is 11.6 Å². The van der Waals surface area contributed by atoms with Crippen molar-refractivity contribution >= 4 is 43.4 Å². The van der Waals surface area contributed by atoms with Crippen LogP contribution >= 0.6 is 27.5 Å². The first kappa shape index (κ1) is 15.7. The smallest absolute Gasteiger partial charge is 0.301 e. The summed E-state index contributed by atoms with van der Waals surface area (Å²) in [6, 6.07) is 4.77. The van der Waals surface area contributed by atoms with Crippen LogP contribution in [0.1, 0.15) is 6.42 Å². The van der Waals surface area contributed by atoms with E-state index in [1.807, 2.05) is 0 Å². The van der Waals surface area contributed by atoms with E-state index in [-0.39, 0.29) is 13.2 Å². The summed E-state index contributed by atoms with van der Waals surface area (Å²) < 4.78 is 28.0. The van der Waals surface area contributed by atoms with Gasteiger partial charge in [0.2, 0.25) is 0 Å². The Hall–Kier alpha value is -0.340. The van der Waals surface area contributed by atoms with Crippen LogP contribution in [0.15, 0.2) is 22.7 Å². The highest BCUT2D eigenvalue weighted by molar-refractivity contribution is 9.10. The Morgan fingerprint density at radius 1 is 1.50 bits per heavy atom. The average molecular weight is 358 g/mol. The van der Waals surface area contributed by atoms with Crippen LogP contribution in [0.5, 0.6) is 0 Å². The predicted octanol–water partition coefficient (Wildman–Crippen LogP) is 2.07. The van der Waals surface area contributed by atoms with Gasteiger partial charge in [-0.15, -0.1) is 0 Å². The molecule has 0 aromatic heterocycles. The Balaban J connectivity index is 2.82. The standard InChI is InChI=1S/C10H14BrClN2O3S/c1-14(5-2-6-15)18(16,17)13-10-4-3-8(12)7-9(10)11/h3-4,7,13,15H,2,5-6H2,1H3. The van der Waals surface area contributed by atoms with Gasteiger partial charge in [0.25, 0.3) is 0 Å². The van der Waals surface area contributed by atoms with E-state index in [0.29, 0.717) is 21.6 Å². The topological polar surface area (TPSA) is 69.6 Å². The van der Waals surface area contributed by atoms with E-state index in [2.05, 4.69) is 20.7 Å². The minimum absolute atomic E-state index is 0.0511. The highest BCUT2D eigenvalue weighted by atomic mass is 79.9. The summed E-state index contributed by atoms with van der Waals surface area (Å²) >= 11 is 9.01. The highest BCUT2D eigenvalue weighted by Gasteiger charge is 2.18. The SMILES string of the molecule is CN(CCCO)S(=O)(=O)Nc1ccc(Cl)cc1Br. The zero-order chi connectivity index (χ0) is 13.8. The van der Waals surface area contributed by atoms with Crippen LogP contribution in [0.3, 0.4) is 0 Å². The molecule has 18 heavy (non-hydrogen) atoms. The largest absolute Gasteiger partial charge is 0.396 e. The number of aliphatic hydroxyl groups excluding tert-OH is 1. The first-order valence-corrected chi connectivity index (χ1v) is 7.78. The second kappa shape index (κ2) is 6.72. The van der Waals surface area contributed by atoms with Gasteiger partial charge in [0, 0.05) is 29.7 Å². The molecule has 0 heterocycles. The van der Waals surface area contributed by atoms with E-state index in [1.54, 1.807) is 18.2 Å². The summed E-state index contributed by atoms with van der Waals surface area (Å²) in [6.45, 7) is 0.196. The van der Waals surface area contributed by atoms with E-state index >= 15 is 0 Å². The molecule has 0 fully saturated rings. The molecule has 0 bridgehead atoms. The lowest BCUT2D eigenvalue weighted by Gasteiger charge is -2.18. The summed E-state index contributed by atoms with van der Waals surface area (Å²) in [5, 5.41) is 9.19. The second-order valence-electron chi connectivity index (χ2n) is 3.63. The van der Waals surface area contributed by atoms with E-state index in [9.17, 15) is 8.42 Å². The molecule has 0 aliphatic carbocycles. The highest BCUT2D eigenvalue weighted by Crippen LogP contribution is 2.26. The first-order chi connectivity index (χ1) is 8.36. The van der Waals surface area contributed by atoms with Crippen LogP contribution < -0.4 is 4.72 Å². The van der Waals surface area contributed by atoms with Crippen LogP contribution in [0.4, 0.5) is 5.69 Å². The van der Waals surface area contributed by atoms with E-state index in [4.69, 9.17) is 16.7 Å². The zero-order valence-corrected chi connectivity index (χ0v) is 12.9.